The fraction of sp³-hybridized carbons (Fsp3) is 0.286. The van der Waals surface area contributed by atoms with E-state index in [0.29, 0.717) is 0 Å². The van der Waals surface area contributed by atoms with Gasteiger partial charge in [0.1, 0.15) is 5.82 Å². The molecule has 0 amide bonds. The van der Waals surface area contributed by atoms with Gasteiger partial charge >= 0.3 is 7.12 Å². The summed E-state index contributed by atoms with van der Waals surface area (Å²) in [5.41, 5.74) is 11.0. The average molecular weight is 183 g/mol. The summed E-state index contributed by atoms with van der Waals surface area (Å²) in [6, 6.07) is 1.40. The molecule has 1 heterocycles. The second-order valence-corrected chi connectivity index (χ2v) is 2.07. The molecule has 0 fully saturated rings. The van der Waals surface area contributed by atoms with Gasteiger partial charge in [0.05, 0.1) is 5.69 Å². The number of nitrogen functional groups attached to an aromatic ring is 2. The Hall–Kier alpha value is -1.27. The van der Waals surface area contributed by atoms with E-state index in [1.807, 2.05) is 13.8 Å². The van der Waals surface area contributed by atoms with Crippen LogP contribution in [0, 0.1) is 0 Å². The highest BCUT2D eigenvalue weighted by molar-refractivity contribution is 6.60. The number of nitrogens with two attached hydrogens (primary N) is 2. The minimum absolute atomic E-state index is 0.107. The van der Waals surface area contributed by atoms with Crippen molar-refractivity contribution in [3.63, 3.8) is 0 Å². The second kappa shape index (κ2) is 5.39. The molecule has 0 bridgehead atoms. The molecule has 1 aromatic rings. The first-order valence-corrected chi connectivity index (χ1v) is 3.99. The van der Waals surface area contributed by atoms with E-state index in [9.17, 15) is 0 Å². The summed E-state index contributed by atoms with van der Waals surface area (Å²) in [4.78, 5) is 3.65. The minimum atomic E-state index is -1.60. The van der Waals surface area contributed by atoms with Crippen LogP contribution in [0.5, 0.6) is 0 Å². The molecule has 6 heteroatoms. The first-order chi connectivity index (χ1) is 6.13. The van der Waals surface area contributed by atoms with E-state index in [2.05, 4.69) is 4.98 Å². The summed E-state index contributed by atoms with van der Waals surface area (Å²) in [5, 5.41) is 17.4. The number of pyridine rings is 1. The molecule has 0 saturated carbocycles. The topological polar surface area (TPSA) is 105 Å². The van der Waals surface area contributed by atoms with Gasteiger partial charge in [-0.05, 0) is 6.07 Å². The Bertz CT molecular complexity index is 268. The van der Waals surface area contributed by atoms with Crippen LogP contribution in [0.3, 0.4) is 0 Å². The van der Waals surface area contributed by atoms with E-state index < -0.39 is 7.12 Å². The molecule has 6 N–H and O–H groups in total. The van der Waals surface area contributed by atoms with E-state index >= 15 is 0 Å². The number of aromatic nitrogens is 1. The van der Waals surface area contributed by atoms with Gasteiger partial charge < -0.3 is 21.5 Å². The SMILES string of the molecule is CC.Nc1nccc(B(O)O)c1N. The smallest absolute Gasteiger partial charge is 0.423 e. The van der Waals surface area contributed by atoms with Crippen LogP contribution in [0.1, 0.15) is 13.8 Å². The predicted octanol–water partition coefficient (Wildman–Crippen LogP) is -1.05. The van der Waals surface area contributed by atoms with Gasteiger partial charge in [-0.25, -0.2) is 4.98 Å². The van der Waals surface area contributed by atoms with Gasteiger partial charge in [0.25, 0.3) is 0 Å². The van der Waals surface area contributed by atoms with Gasteiger partial charge in [0.2, 0.25) is 0 Å². The lowest BCUT2D eigenvalue weighted by Gasteiger charge is -2.04. The van der Waals surface area contributed by atoms with Crippen molar-refractivity contribution >= 4 is 24.1 Å². The third-order valence-corrected chi connectivity index (χ3v) is 1.33. The van der Waals surface area contributed by atoms with Gasteiger partial charge in [-0.15, -0.1) is 0 Å². The molecule has 0 aliphatic carbocycles. The Labute approximate surface area is 77.5 Å². The first-order valence-electron chi connectivity index (χ1n) is 3.99. The normalized spacial score (nSPS) is 8.62. The summed E-state index contributed by atoms with van der Waals surface area (Å²) in [6.45, 7) is 4.00. The lowest BCUT2D eigenvalue weighted by Crippen LogP contribution is -2.33. The molecule has 0 radical (unpaired) electrons. The number of nitrogens with zero attached hydrogens (tertiary/aromatic N) is 1. The van der Waals surface area contributed by atoms with Crippen LogP contribution >= 0.6 is 0 Å². The van der Waals surface area contributed by atoms with Gasteiger partial charge in [-0.2, -0.15) is 0 Å². The highest BCUT2D eigenvalue weighted by atomic mass is 16.4. The first kappa shape index (κ1) is 11.7. The molecule has 0 unspecified atom stereocenters. The van der Waals surface area contributed by atoms with Crippen molar-refractivity contribution in [2.75, 3.05) is 11.5 Å². The Balaban J connectivity index is 0.000000671. The Morgan fingerprint density at radius 2 is 1.85 bits per heavy atom. The van der Waals surface area contributed by atoms with Crippen molar-refractivity contribution in [3.8, 4) is 0 Å². The van der Waals surface area contributed by atoms with Crippen LogP contribution in [-0.2, 0) is 0 Å². The van der Waals surface area contributed by atoms with Gasteiger partial charge in [-0.1, -0.05) is 13.8 Å². The summed E-state index contributed by atoms with van der Waals surface area (Å²) >= 11 is 0. The Morgan fingerprint density at radius 3 is 2.23 bits per heavy atom. The van der Waals surface area contributed by atoms with Crippen LogP contribution in [0.25, 0.3) is 0 Å². The zero-order chi connectivity index (χ0) is 10.4. The molecule has 0 aromatic carbocycles. The Morgan fingerprint density at radius 1 is 1.31 bits per heavy atom. The van der Waals surface area contributed by atoms with E-state index in [4.69, 9.17) is 21.5 Å². The highest BCUT2D eigenvalue weighted by Gasteiger charge is 2.15. The third kappa shape index (κ3) is 2.92. The molecule has 0 aliphatic rings. The molecule has 0 atom stereocenters. The van der Waals surface area contributed by atoms with E-state index in [0.717, 1.165) is 0 Å². The molecule has 13 heavy (non-hydrogen) atoms. The molecular formula is C7H14BN3O2. The molecule has 72 valence electrons. The summed E-state index contributed by atoms with van der Waals surface area (Å²) in [6.07, 6.45) is 1.36. The lowest BCUT2D eigenvalue weighted by molar-refractivity contribution is 0.426. The fourth-order valence-corrected chi connectivity index (χ4v) is 0.730. The maximum atomic E-state index is 8.72. The number of hydrogen-bond acceptors (Lipinski definition) is 5. The van der Waals surface area contributed by atoms with Crippen LogP contribution in [-0.4, -0.2) is 22.2 Å². The molecule has 0 spiro atoms. The monoisotopic (exact) mass is 183 g/mol. The van der Waals surface area contributed by atoms with Crippen LogP contribution in [0.4, 0.5) is 11.5 Å². The largest absolute Gasteiger partial charge is 0.490 e. The minimum Gasteiger partial charge on any atom is -0.423 e. The van der Waals surface area contributed by atoms with Crippen molar-refractivity contribution < 1.29 is 10.0 Å². The molecule has 0 saturated heterocycles. The van der Waals surface area contributed by atoms with Crippen molar-refractivity contribution in [2.24, 2.45) is 0 Å². The van der Waals surface area contributed by atoms with Crippen molar-refractivity contribution in [3.05, 3.63) is 12.3 Å². The predicted molar refractivity (Wildman–Crippen MR) is 54.2 cm³/mol. The van der Waals surface area contributed by atoms with Gasteiger partial charge in [0.15, 0.2) is 0 Å². The maximum Gasteiger partial charge on any atom is 0.490 e. The zero-order valence-electron chi connectivity index (χ0n) is 7.73. The zero-order valence-corrected chi connectivity index (χ0v) is 7.73. The highest BCUT2D eigenvalue weighted by Crippen LogP contribution is 2.05. The standard InChI is InChI=1S/C5H8BN3O2.C2H6/c7-4-3(6(10)11)1-2-9-5(4)8;1-2/h1-2,10-11H,7H2,(H2,8,9);1-2H3. The molecular weight excluding hydrogens is 169 g/mol. The molecule has 1 rings (SSSR count). The van der Waals surface area contributed by atoms with Gasteiger partial charge in [0, 0.05) is 11.7 Å². The van der Waals surface area contributed by atoms with Crippen LogP contribution < -0.4 is 16.9 Å². The number of hydrogen-bond donors (Lipinski definition) is 4. The van der Waals surface area contributed by atoms with Crippen LogP contribution in [0.2, 0.25) is 0 Å². The third-order valence-electron chi connectivity index (χ3n) is 1.33. The summed E-state index contributed by atoms with van der Waals surface area (Å²) < 4.78 is 0. The quantitative estimate of drug-likeness (QED) is 0.416. The van der Waals surface area contributed by atoms with E-state index in [-0.39, 0.29) is 17.0 Å². The Kier molecular flexibility index (Phi) is 4.87. The molecule has 5 nitrogen and oxygen atoms in total. The molecule has 0 aliphatic heterocycles. The van der Waals surface area contributed by atoms with E-state index in [1.54, 1.807) is 0 Å². The molecule has 1 aromatic heterocycles. The number of anilines is 2. The van der Waals surface area contributed by atoms with Crippen molar-refractivity contribution in [1.29, 1.82) is 0 Å². The lowest BCUT2D eigenvalue weighted by atomic mass is 9.80. The van der Waals surface area contributed by atoms with Crippen molar-refractivity contribution in [1.82, 2.24) is 4.98 Å². The van der Waals surface area contributed by atoms with Gasteiger partial charge in [-0.3, -0.25) is 0 Å². The average Bonchev–Trinajstić information content (AvgIpc) is 2.13. The fourth-order valence-electron chi connectivity index (χ4n) is 0.730. The summed E-state index contributed by atoms with van der Waals surface area (Å²) in [5.74, 6) is 0.107. The maximum absolute atomic E-state index is 8.72. The van der Waals surface area contributed by atoms with E-state index in [1.165, 1.54) is 12.3 Å². The second-order valence-electron chi connectivity index (χ2n) is 2.07. The summed E-state index contributed by atoms with van der Waals surface area (Å²) in [7, 11) is -1.60. The van der Waals surface area contributed by atoms with Crippen molar-refractivity contribution in [2.45, 2.75) is 13.8 Å². The van der Waals surface area contributed by atoms with Crippen LogP contribution in [0.15, 0.2) is 12.3 Å². The number of rotatable bonds is 1.